The number of thiophene rings is 1. The molecule has 24 heavy (non-hydrogen) atoms. The standard InChI is InChI=1S/C19H18N2O2S/c1-3-23-19(22)17-16(20)15-14(11-12(2)21-18(15)24-17)10-9-13-7-5-4-6-8-13/h4-11H,3,20H2,1-2H3/b10-9-. The van der Waals surface area contributed by atoms with Crippen LogP contribution in [0.3, 0.4) is 0 Å². The molecule has 5 heteroatoms. The van der Waals surface area contributed by atoms with Crippen LogP contribution in [0.4, 0.5) is 5.69 Å². The van der Waals surface area contributed by atoms with E-state index in [-0.39, 0.29) is 0 Å². The lowest BCUT2D eigenvalue weighted by Crippen LogP contribution is -2.04. The molecule has 0 unspecified atom stereocenters. The maximum Gasteiger partial charge on any atom is 0.350 e. The molecule has 0 fully saturated rings. The zero-order chi connectivity index (χ0) is 17.1. The summed E-state index contributed by atoms with van der Waals surface area (Å²) in [7, 11) is 0. The topological polar surface area (TPSA) is 65.2 Å². The van der Waals surface area contributed by atoms with Crippen molar-refractivity contribution >= 4 is 45.4 Å². The molecule has 0 saturated heterocycles. The molecule has 2 aromatic heterocycles. The first kappa shape index (κ1) is 16.2. The van der Waals surface area contributed by atoms with E-state index < -0.39 is 5.97 Å². The summed E-state index contributed by atoms with van der Waals surface area (Å²) in [4.78, 5) is 17.8. The molecule has 0 amide bonds. The maximum atomic E-state index is 12.1. The lowest BCUT2D eigenvalue weighted by Gasteiger charge is -2.02. The van der Waals surface area contributed by atoms with Crippen molar-refractivity contribution in [3.63, 3.8) is 0 Å². The van der Waals surface area contributed by atoms with Gasteiger partial charge in [-0.05, 0) is 31.0 Å². The van der Waals surface area contributed by atoms with E-state index in [1.807, 2.05) is 55.5 Å². The first-order valence-corrected chi connectivity index (χ1v) is 8.51. The molecule has 3 aromatic rings. The van der Waals surface area contributed by atoms with Crippen molar-refractivity contribution in [1.82, 2.24) is 4.98 Å². The fraction of sp³-hybridized carbons (Fsp3) is 0.158. The van der Waals surface area contributed by atoms with Crippen molar-refractivity contribution in [2.24, 2.45) is 0 Å². The Hall–Kier alpha value is -2.66. The highest BCUT2D eigenvalue weighted by molar-refractivity contribution is 7.21. The normalized spacial score (nSPS) is 11.2. The number of hydrogen-bond donors (Lipinski definition) is 1. The molecule has 2 N–H and O–H groups in total. The Balaban J connectivity index is 2.10. The van der Waals surface area contributed by atoms with Gasteiger partial charge in [0.05, 0.1) is 12.3 Å². The van der Waals surface area contributed by atoms with Crippen molar-refractivity contribution in [2.75, 3.05) is 12.3 Å². The van der Waals surface area contributed by atoms with Gasteiger partial charge >= 0.3 is 5.97 Å². The number of carbonyl (C=O) groups excluding carboxylic acids is 1. The number of hydrogen-bond acceptors (Lipinski definition) is 5. The van der Waals surface area contributed by atoms with E-state index in [1.54, 1.807) is 6.92 Å². The summed E-state index contributed by atoms with van der Waals surface area (Å²) in [6.45, 7) is 4.02. The number of aromatic nitrogens is 1. The molecule has 0 bridgehead atoms. The van der Waals surface area contributed by atoms with Crippen LogP contribution in [0.2, 0.25) is 0 Å². The number of pyridine rings is 1. The molecular formula is C19H18N2O2S. The second-order valence-corrected chi connectivity index (χ2v) is 6.34. The lowest BCUT2D eigenvalue weighted by atomic mass is 10.1. The van der Waals surface area contributed by atoms with Gasteiger partial charge in [0.2, 0.25) is 0 Å². The van der Waals surface area contributed by atoms with Gasteiger partial charge in [0, 0.05) is 11.1 Å². The summed E-state index contributed by atoms with van der Waals surface area (Å²) in [5.41, 5.74) is 9.59. The minimum Gasteiger partial charge on any atom is -0.462 e. The summed E-state index contributed by atoms with van der Waals surface area (Å²) in [6.07, 6.45) is 4.03. The third kappa shape index (κ3) is 3.16. The molecule has 0 spiro atoms. The predicted octanol–water partition coefficient (Wildman–Crippen LogP) is 4.53. The number of nitrogens with two attached hydrogens (primary N) is 1. The van der Waals surface area contributed by atoms with Crippen LogP contribution in [-0.2, 0) is 4.74 Å². The number of esters is 1. The highest BCUT2D eigenvalue weighted by Gasteiger charge is 2.20. The fourth-order valence-corrected chi connectivity index (χ4v) is 3.58. The zero-order valence-corrected chi connectivity index (χ0v) is 14.4. The molecule has 1 aromatic carbocycles. The number of benzene rings is 1. The highest BCUT2D eigenvalue weighted by atomic mass is 32.1. The van der Waals surface area contributed by atoms with Gasteiger partial charge in [-0.15, -0.1) is 11.3 Å². The van der Waals surface area contributed by atoms with Crippen LogP contribution in [-0.4, -0.2) is 17.6 Å². The van der Waals surface area contributed by atoms with Crippen LogP contribution >= 0.6 is 11.3 Å². The Kier molecular flexibility index (Phi) is 4.62. The molecule has 0 aliphatic heterocycles. The van der Waals surface area contributed by atoms with E-state index in [0.29, 0.717) is 17.2 Å². The van der Waals surface area contributed by atoms with E-state index >= 15 is 0 Å². The van der Waals surface area contributed by atoms with Crippen molar-refractivity contribution in [3.05, 3.63) is 58.1 Å². The van der Waals surface area contributed by atoms with Gasteiger partial charge in [0.1, 0.15) is 9.71 Å². The first-order chi connectivity index (χ1) is 11.6. The van der Waals surface area contributed by atoms with Gasteiger partial charge in [-0.1, -0.05) is 42.5 Å². The van der Waals surface area contributed by atoms with Crippen molar-refractivity contribution in [1.29, 1.82) is 0 Å². The number of carbonyl (C=O) groups is 1. The average Bonchev–Trinajstić information content (AvgIpc) is 2.90. The predicted molar refractivity (Wildman–Crippen MR) is 100 cm³/mol. The smallest absolute Gasteiger partial charge is 0.350 e. The molecule has 4 nitrogen and oxygen atoms in total. The van der Waals surface area contributed by atoms with Crippen molar-refractivity contribution in [2.45, 2.75) is 13.8 Å². The van der Waals surface area contributed by atoms with E-state index in [4.69, 9.17) is 10.5 Å². The fourth-order valence-electron chi connectivity index (χ4n) is 2.51. The summed E-state index contributed by atoms with van der Waals surface area (Å²) in [5.74, 6) is -0.395. The first-order valence-electron chi connectivity index (χ1n) is 7.70. The number of nitrogens with zero attached hydrogens (tertiary/aromatic N) is 1. The zero-order valence-electron chi connectivity index (χ0n) is 13.6. The molecule has 0 radical (unpaired) electrons. The molecule has 122 valence electrons. The molecule has 0 aliphatic carbocycles. The minimum atomic E-state index is -0.395. The van der Waals surface area contributed by atoms with Gasteiger partial charge < -0.3 is 10.5 Å². The Morgan fingerprint density at radius 1 is 1.29 bits per heavy atom. The molecule has 3 rings (SSSR count). The molecule has 0 atom stereocenters. The Morgan fingerprint density at radius 3 is 2.75 bits per heavy atom. The third-order valence-electron chi connectivity index (χ3n) is 3.57. The Labute approximate surface area is 144 Å². The average molecular weight is 338 g/mol. The maximum absolute atomic E-state index is 12.1. The van der Waals surface area contributed by atoms with Crippen LogP contribution in [0.1, 0.15) is 33.4 Å². The number of nitrogen functional groups attached to an aromatic ring is 1. The van der Waals surface area contributed by atoms with E-state index in [1.165, 1.54) is 11.3 Å². The molecule has 0 saturated carbocycles. The van der Waals surface area contributed by atoms with Crippen molar-refractivity contribution < 1.29 is 9.53 Å². The van der Waals surface area contributed by atoms with Gasteiger partial charge in [-0.3, -0.25) is 0 Å². The monoisotopic (exact) mass is 338 g/mol. The second-order valence-electron chi connectivity index (χ2n) is 5.34. The van der Waals surface area contributed by atoms with E-state index in [9.17, 15) is 4.79 Å². The summed E-state index contributed by atoms with van der Waals surface area (Å²) in [5, 5.41) is 0.806. The van der Waals surface area contributed by atoms with Crippen LogP contribution in [0.5, 0.6) is 0 Å². The Bertz CT molecular complexity index is 914. The Morgan fingerprint density at radius 2 is 2.04 bits per heavy atom. The van der Waals surface area contributed by atoms with E-state index in [0.717, 1.165) is 27.0 Å². The number of anilines is 1. The summed E-state index contributed by atoms with van der Waals surface area (Å²) >= 11 is 1.28. The SMILES string of the molecule is CCOC(=O)c1sc2nc(C)cc(/C=C\c3ccccc3)c2c1N. The van der Waals surface area contributed by atoms with Gasteiger partial charge in [0.25, 0.3) is 0 Å². The number of rotatable bonds is 4. The molecular weight excluding hydrogens is 320 g/mol. The van der Waals surface area contributed by atoms with Crippen LogP contribution in [0.25, 0.3) is 22.4 Å². The molecule has 0 aliphatic rings. The van der Waals surface area contributed by atoms with Gasteiger partial charge in [-0.2, -0.15) is 0 Å². The van der Waals surface area contributed by atoms with Gasteiger partial charge in [0.15, 0.2) is 0 Å². The number of ether oxygens (including phenoxy) is 1. The minimum absolute atomic E-state index is 0.319. The van der Waals surface area contributed by atoms with Crippen LogP contribution in [0, 0.1) is 6.92 Å². The van der Waals surface area contributed by atoms with Gasteiger partial charge in [-0.25, -0.2) is 9.78 Å². The van der Waals surface area contributed by atoms with Crippen LogP contribution < -0.4 is 5.73 Å². The number of fused-ring (bicyclic) bond motifs is 1. The third-order valence-corrected chi connectivity index (χ3v) is 4.65. The number of aryl methyl sites for hydroxylation is 1. The molecule has 2 heterocycles. The lowest BCUT2D eigenvalue weighted by molar-refractivity contribution is 0.0533. The summed E-state index contributed by atoms with van der Waals surface area (Å²) < 4.78 is 5.08. The highest BCUT2D eigenvalue weighted by Crippen LogP contribution is 2.36. The second kappa shape index (κ2) is 6.84. The quantitative estimate of drug-likeness (QED) is 0.710. The van der Waals surface area contributed by atoms with E-state index in [2.05, 4.69) is 4.98 Å². The van der Waals surface area contributed by atoms with Crippen molar-refractivity contribution in [3.8, 4) is 0 Å². The summed E-state index contributed by atoms with van der Waals surface area (Å²) in [6, 6.07) is 12.0. The largest absolute Gasteiger partial charge is 0.462 e. The van der Waals surface area contributed by atoms with Crippen LogP contribution in [0.15, 0.2) is 36.4 Å².